The average molecular weight is 286 g/mol. The summed E-state index contributed by atoms with van der Waals surface area (Å²) < 4.78 is 6.69. The first-order valence-corrected chi connectivity index (χ1v) is 6.96. The van der Waals surface area contributed by atoms with Crippen molar-refractivity contribution in [2.24, 2.45) is 5.92 Å². The van der Waals surface area contributed by atoms with Crippen LogP contribution in [0.3, 0.4) is 0 Å². The number of benzene rings is 1. The molecule has 1 aliphatic carbocycles. The number of nitrogens with zero attached hydrogens (tertiary/aromatic N) is 2. The molecule has 0 unspecified atom stereocenters. The number of rotatable bonds is 4. The van der Waals surface area contributed by atoms with E-state index in [0.29, 0.717) is 12.8 Å². The maximum Gasteiger partial charge on any atom is 0.308 e. The summed E-state index contributed by atoms with van der Waals surface area (Å²) in [5, 5.41) is 10.5. The van der Waals surface area contributed by atoms with Crippen LogP contribution >= 0.6 is 0 Å². The van der Waals surface area contributed by atoms with Gasteiger partial charge in [0.05, 0.1) is 25.0 Å². The van der Waals surface area contributed by atoms with Gasteiger partial charge in [-0.15, -0.1) is 0 Å². The molecule has 0 spiro atoms. The Morgan fingerprint density at radius 2 is 2.14 bits per heavy atom. The molecular formula is C16H18N2O3. The number of carbonyl (C=O) groups excluding carboxylic acids is 1. The molecule has 0 aliphatic heterocycles. The molecule has 1 fully saturated rings. The largest absolute Gasteiger partial charge is 0.469 e. The van der Waals surface area contributed by atoms with E-state index >= 15 is 0 Å². The highest BCUT2D eigenvalue weighted by molar-refractivity contribution is 5.74. The summed E-state index contributed by atoms with van der Waals surface area (Å²) in [5.41, 5.74) is 1.10. The molecule has 1 aromatic carbocycles. The van der Waals surface area contributed by atoms with Crippen molar-refractivity contribution in [3.8, 4) is 0 Å². The summed E-state index contributed by atoms with van der Waals surface area (Å²) in [7, 11) is 1.38. The van der Waals surface area contributed by atoms with Crippen LogP contribution in [-0.4, -0.2) is 27.7 Å². The van der Waals surface area contributed by atoms with E-state index in [0.717, 1.165) is 17.7 Å². The van der Waals surface area contributed by atoms with Gasteiger partial charge in [-0.05, 0) is 24.0 Å². The molecule has 0 saturated heterocycles. The van der Waals surface area contributed by atoms with Gasteiger partial charge in [0.15, 0.2) is 0 Å². The van der Waals surface area contributed by atoms with Gasteiger partial charge in [0.25, 0.3) is 0 Å². The number of ether oxygens (including phenoxy) is 1. The zero-order valence-corrected chi connectivity index (χ0v) is 11.9. The lowest BCUT2D eigenvalue weighted by atomic mass is 9.67. The Bertz CT molecular complexity index is 613. The van der Waals surface area contributed by atoms with Crippen LogP contribution in [0.5, 0.6) is 0 Å². The third-order valence-electron chi connectivity index (χ3n) is 4.12. The molecule has 0 radical (unpaired) electrons. The lowest BCUT2D eigenvalue weighted by Gasteiger charge is -2.42. The van der Waals surface area contributed by atoms with Crippen molar-refractivity contribution >= 4 is 5.97 Å². The van der Waals surface area contributed by atoms with Crippen LogP contribution in [-0.2, 0) is 21.7 Å². The molecule has 0 atom stereocenters. The Balaban J connectivity index is 1.66. The number of hydrogen-bond acceptors (Lipinski definition) is 4. The molecule has 21 heavy (non-hydrogen) atoms. The highest BCUT2D eigenvalue weighted by atomic mass is 16.5. The second kappa shape index (κ2) is 5.33. The molecule has 1 N–H and O–H groups in total. The number of imidazole rings is 1. The number of methoxy groups -OCH3 is 1. The fourth-order valence-electron chi connectivity index (χ4n) is 2.84. The van der Waals surface area contributed by atoms with Crippen LogP contribution < -0.4 is 0 Å². The van der Waals surface area contributed by atoms with Gasteiger partial charge in [-0.2, -0.15) is 0 Å². The molecule has 1 heterocycles. The topological polar surface area (TPSA) is 64.3 Å². The van der Waals surface area contributed by atoms with Gasteiger partial charge < -0.3 is 14.4 Å². The van der Waals surface area contributed by atoms with Crippen molar-refractivity contribution < 1.29 is 14.6 Å². The number of aliphatic hydroxyl groups is 1. The van der Waals surface area contributed by atoms with Gasteiger partial charge in [-0.1, -0.05) is 24.3 Å². The molecule has 110 valence electrons. The highest BCUT2D eigenvalue weighted by Gasteiger charge is 2.47. The summed E-state index contributed by atoms with van der Waals surface area (Å²) in [6, 6.07) is 7.86. The highest BCUT2D eigenvalue weighted by Crippen LogP contribution is 2.46. The zero-order valence-electron chi connectivity index (χ0n) is 11.9. The van der Waals surface area contributed by atoms with E-state index in [-0.39, 0.29) is 11.9 Å². The van der Waals surface area contributed by atoms with Gasteiger partial charge in [-0.3, -0.25) is 4.79 Å². The molecule has 1 saturated carbocycles. The van der Waals surface area contributed by atoms with Crippen molar-refractivity contribution in [1.82, 2.24) is 9.55 Å². The minimum Gasteiger partial charge on any atom is -0.469 e. The first kappa shape index (κ1) is 13.8. The molecule has 0 amide bonds. The van der Waals surface area contributed by atoms with E-state index in [1.807, 2.05) is 35.0 Å². The van der Waals surface area contributed by atoms with Crippen molar-refractivity contribution in [2.75, 3.05) is 7.11 Å². The smallest absolute Gasteiger partial charge is 0.308 e. The fraction of sp³-hybridized carbons (Fsp3) is 0.375. The van der Waals surface area contributed by atoms with Crippen LogP contribution in [0.25, 0.3) is 0 Å². The first-order chi connectivity index (χ1) is 10.1. The van der Waals surface area contributed by atoms with E-state index < -0.39 is 5.60 Å². The van der Waals surface area contributed by atoms with E-state index in [9.17, 15) is 9.90 Å². The summed E-state index contributed by atoms with van der Waals surface area (Å²) in [5.74, 6) is -0.429. The molecule has 5 heteroatoms. The number of hydrogen-bond donors (Lipinski definition) is 1. The zero-order chi connectivity index (χ0) is 14.9. The lowest BCUT2D eigenvalue weighted by molar-refractivity contribution is -0.163. The predicted octanol–water partition coefficient (Wildman–Crippen LogP) is 1.70. The average Bonchev–Trinajstić information content (AvgIpc) is 2.97. The minimum absolute atomic E-state index is 0.189. The fourth-order valence-corrected chi connectivity index (χ4v) is 2.84. The Hall–Kier alpha value is -2.14. The van der Waals surface area contributed by atoms with Crippen LogP contribution in [0, 0.1) is 5.92 Å². The SMILES string of the molecule is COC(=O)C1CC(O)(c2ccc(Cn3ccnc3)cc2)C1. The number of carbonyl (C=O) groups is 1. The minimum atomic E-state index is -0.896. The maximum absolute atomic E-state index is 11.4. The monoisotopic (exact) mass is 286 g/mol. The van der Waals surface area contributed by atoms with E-state index in [1.165, 1.54) is 7.11 Å². The maximum atomic E-state index is 11.4. The van der Waals surface area contributed by atoms with Gasteiger partial charge in [-0.25, -0.2) is 4.98 Å². The van der Waals surface area contributed by atoms with Gasteiger partial charge >= 0.3 is 5.97 Å². The Kier molecular flexibility index (Phi) is 3.51. The van der Waals surface area contributed by atoms with Crippen LogP contribution in [0.15, 0.2) is 43.0 Å². The Morgan fingerprint density at radius 3 is 2.71 bits per heavy atom. The van der Waals surface area contributed by atoms with Crippen LogP contribution in [0.2, 0.25) is 0 Å². The molecule has 0 bridgehead atoms. The Labute approximate surface area is 123 Å². The third kappa shape index (κ3) is 2.69. The summed E-state index contributed by atoms with van der Waals surface area (Å²) in [6.07, 6.45) is 6.29. The molecule has 1 aliphatic rings. The standard InChI is InChI=1S/C16H18N2O3/c1-21-15(19)13-8-16(20,9-13)14-4-2-12(3-5-14)10-18-7-6-17-11-18/h2-7,11,13,20H,8-10H2,1H3. The second-order valence-electron chi connectivity index (χ2n) is 5.59. The summed E-state index contributed by atoms with van der Waals surface area (Å²) >= 11 is 0. The summed E-state index contributed by atoms with van der Waals surface area (Å²) in [6.45, 7) is 0.753. The van der Waals surface area contributed by atoms with Crippen LogP contribution in [0.4, 0.5) is 0 Å². The third-order valence-corrected chi connectivity index (χ3v) is 4.12. The summed E-state index contributed by atoms with van der Waals surface area (Å²) in [4.78, 5) is 15.4. The van der Waals surface area contributed by atoms with E-state index in [1.54, 1.807) is 12.5 Å². The second-order valence-corrected chi connectivity index (χ2v) is 5.59. The molecule has 2 aromatic rings. The van der Waals surface area contributed by atoms with Crippen molar-refractivity contribution in [3.63, 3.8) is 0 Å². The Morgan fingerprint density at radius 1 is 1.43 bits per heavy atom. The normalized spacial score (nSPS) is 24.4. The number of aromatic nitrogens is 2. The van der Waals surface area contributed by atoms with E-state index in [4.69, 9.17) is 4.74 Å². The van der Waals surface area contributed by atoms with Crippen molar-refractivity contribution in [2.45, 2.75) is 25.0 Å². The van der Waals surface area contributed by atoms with Gasteiger partial charge in [0.1, 0.15) is 0 Å². The molecule has 5 nitrogen and oxygen atoms in total. The molecule has 1 aromatic heterocycles. The van der Waals surface area contributed by atoms with Crippen molar-refractivity contribution in [1.29, 1.82) is 0 Å². The van der Waals surface area contributed by atoms with Crippen LogP contribution in [0.1, 0.15) is 24.0 Å². The van der Waals surface area contributed by atoms with Gasteiger partial charge in [0.2, 0.25) is 0 Å². The van der Waals surface area contributed by atoms with Crippen molar-refractivity contribution in [3.05, 3.63) is 54.1 Å². The lowest BCUT2D eigenvalue weighted by Crippen LogP contribution is -2.44. The quantitative estimate of drug-likeness (QED) is 0.869. The molecule has 3 rings (SSSR count). The van der Waals surface area contributed by atoms with E-state index in [2.05, 4.69) is 4.98 Å². The van der Waals surface area contributed by atoms with Gasteiger partial charge in [0, 0.05) is 18.9 Å². The number of esters is 1. The molecular weight excluding hydrogens is 268 g/mol. The first-order valence-electron chi connectivity index (χ1n) is 6.96. The predicted molar refractivity (Wildman–Crippen MR) is 76.4 cm³/mol.